The van der Waals surface area contributed by atoms with E-state index in [9.17, 15) is 12.8 Å². The zero-order valence-corrected chi connectivity index (χ0v) is 13.0. The van der Waals surface area contributed by atoms with Gasteiger partial charge in [-0.3, -0.25) is 0 Å². The molecule has 0 bridgehead atoms. The van der Waals surface area contributed by atoms with Crippen LogP contribution in [-0.4, -0.2) is 8.42 Å². The van der Waals surface area contributed by atoms with Gasteiger partial charge in [-0.05, 0) is 38.0 Å². The summed E-state index contributed by atoms with van der Waals surface area (Å²) in [5.41, 5.74) is 2.61. The molecule has 2 aromatic carbocycles. The molecule has 0 spiro atoms. The van der Waals surface area contributed by atoms with Gasteiger partial charge in [0.2, 0.25) is 0 Å². The molecule has 0 saturated heterocycles. The average Bonchev–Trinajstić information content (AvgIpc) is 2.36. The van der Waals surface area contributed by atoms with Crippen LogP contribution in [-0.2, 0) is 15.9 Å². The summed E-state index contributed by atoms with van der Waals surface area (Å²) in [5, 5.41) is 0. The first-order valence-electron chi connectivity index (χ1n) is 6.52. The Hall–Kier alpha value is -1.88. The number of hydrogen-bond donors (Lipinski definition) is 0. The number of hydrogen-bond acceptors (Lipinski definition) is 3. The summed E-state index contributed by atoms with van der Waals surface area (Å²) in [7, 11) is -3.91. The molecule has 2 rings (SSSR count). The molecule has 0 N–H and O–H groups in total. The number of halogens is 1. The van der Waals surface area contributed by atoms with Crippen LogP contribution in [0.4, 0.5) is 4.39 Å². The van der Waals surface area contributed by atoms with Crippen LogP contribution in [0.1, 0.15) is 22.3 Å². The predicted octanol–water partition coefficient (Wildman–Crippen LogP) is 3.66. The monoisotopic (exact) mass is 308 g/mol. The molecule has 0 unspecified atom stereocenters. The largest absolute Gasteiger partial charge is 0.382 e. The minimum Gasteiger partial charge on any atom is -0.382 e. The Morgan fingerprint density at radius 3 is 2.19 bits per heavy atom. The molecule has 2 aromatic rings. The van der Waals surface area contributed by atoms with Gasteiger partial charge in [0.25, 0.3) is 0 Å². The summed E-state index contributed by atoms with van der Waals surface area (Å²) in [6.07, 6.45) is 0. The summed E-state index contributed by atoms with van der Waals surface area (Å²) < 4.78 is 43.0. The molecule has 0 atom stereocenters. The Morgan fingerprint density at radius 1 is 1.05 bits per heavy atom. The molecule has 0 heterocycles. The van der Waals surface area contributed by atoms with E-state index in [0.717, 1.165) is 16.7 Å². The van der Waals surface area contributed by atoms with Crippen LogP contribution < -0.4 is 4.18 Å². The van der Waals surface area contributed by atoms with Crippen LogP contribution >= 0.6 is 0 Å². The van der Waals surface area contributed by atoms with Crippen molar-refractivity contribution in [3.05, 3.63) is 64.5 Å². The van der Waals surface area contributed by atoms with Crippen molar-refractivity contribution >= 4 is 10.1 Å². The molecular formula is C16H17FO3S. The van der Waals surface area contributed by atoms with Crippen molar-refractivity contribution in [3.63, 3.8) is 0 Å². The molecule has 3 nitrogen and oxygen atoms in total. The number of rotatable bonds is 4. The Bertz CT molecular complexity index is 744. The lowest BCUT2D eigenvalue weighted by Gasteiger charge is -2.13. The highest BCUT2D eigenvalue weighted by atomic mass is 32.2. The van der Waals surface area contributed by atoms with Gasteiger partial charge in [0, 0.05) is 5.56 Å². The molecule has 0 aliphatic rings. The van der Waals surface area contributed by atoms with E-state index in [2.05, 4.69) is 0 Å². The molecule has 5 heteroatoms. The van der Waals surface area contributed by atoms with Crippen LogP contribution in [0.5, 0.6) is 5.75 Å². The molecule has 0 amide bonds. The highest BCUT2D eigenvalue weighted by molar-refractivity contribution is 7.86. The maximum atomic E-state index is 13.6. The van der Waals surface area contributed by atoms with E-state index in [-0.39, 0.29) is 5.56 Å². The summed E-state index contributed by atoms with van der Waals surface area (Å²) in [6.45, 7) is 5.50. The zero-order chi connectivity index (χ0) is 15.6. The van der Waals surface area contributed by atoms with E-state index in [0.29, 0.717) is 5.75 Å². The van der Waals surface area contributed by atoms with E-state index < -0.39 is 21.7 Å². The molecule has 0 saturated carbocycles. The molecular weight excluding hydrogens is 291 g/mol. The van der Waals surface area contributed by atoms with E-state index >= 15 is 0 Å². The second-order valence-electron chi connectivity index (χ2n) is 5.10. The quantitative estimate of drug-likeness (QED) is 0.810. The van der Waals surface area contributed by atoms with Gasteiger partial charge >= 0.3 is 10.1 Å². The van der Waals surface area contributed by atoms with Crippen LogP contribution in [0.2, 0.25) is 0 Å². The Labute approximate surface area is 124 Å². The maximum Gasteiger partial charge on any atom is 0.313 e. The predicted molar refractivity (Wildman–Crippen MR) is 80.3 cm³/mol. The van der Waals surface area contributed by atoms with Gasteiger partial charge in [-0.15, -0.1) is 0 Å². The fraction of sp³-hybridized carbons (Fsp3) is 0.250. The molecule has 0 aliphatic carbocycles. The summed E-state index contributed by atoms with van der Waals surface area (Å²) >= 11 is 0. The average molecular weight is 308 g/mol. The summed E-state index contributed by atoms with van der Waals surface area (Å²) in [4.78, 5) is 0. The Balaban J connectivity index is 2.29. The summed E-state index contributed by atoms with van der Waals surface area (Å²) in [5.74, 6) is -0.731. The van der Waals surface area contributed by atoms with Crippen molar-refractivity contribution in [1.29, 1.82) is 0 Å². The summed E-state index contributed by atoms with van der Waals surface area (Å²) in [6, 6.07) is 9.47. The van der Waals surface area contributed by atoms with Crippen molar-refractivity contribution in [1.82, 2.24) is 0 Å². The van der Waals surface area contributed by atoms with E-state index in [1.807, 2.05) is 19.1 Å². The molecule has 112 valence electrons. The van der Waals surface area contributed by atoms with Gasteiger partial charge < -0.3 is 4.18 Å². The maximum absolute atomic E-state index is 13.6. The SMILES string of the molecule is Cc1cc(C)c(OS(=O)(=O)Cc2ccccc2F)c(C)c1. The van der Waals surface area contributed by atoms with Crippen molar-refractivity contribution in [2.75, 3.05) is 0 Å². The zero-order valence-electron chi connectivity index (χ0n) is 12.2. The van der Waals surface area contributed by atoms with E-state index in [1.165, 1.54) is 18.2 Å². The fourth-order valence-electron chi connectivity index (χ4n) is 2.26. The second-order valence-corrected chi connectivity index (χ2v) is 6.68. The lowest BCUT2D eigenvalue weighted by atomic mass is 10.1. The highest BCUT2D eigenvalue weighted by Crippen LogP contribution is 2.27. The van der Waals surface area contributed by atoms with Gasteiger partial charge in [0.05, 0.1) is 0 Å². The smallest absolute Gasteiger partial charge is 0.313 e. The second kappa shape index (κ2) is 5.85. The first kappa shape index (κ1) is 15.5. The first-order chi connectivity index (χ1) is 9.78. The molecule has 0 radical (unpaired) electrons. The van der Waals surface area contributed by atoms with Gasteiger partial charge in [-0.25, -0.2) is 4.39 Å². The standard InChI is InChI=1S/C16H17FO3S/c1-11-8-12(2)16(13(3)9-11)20-21(18,19)10-14-6-4-5-7-15(14)17/h4-9H,10H2,1-3H3. The lowest BCUT2D eigenvalue weighted by molar-refractivity contribution is 0.479. The third-order valence-corrected chi connectivity index (χ3v) is 4.19. The van der Waals surface area contributed by atoms with Crippen LogP contribution in [0.15, 0.2) is 36.4 Å². The minimum atomic E-state index is -3.91. The van der Waals surface area contributed by atoms with E-state index in [1.54, 1.807) is 19.9 Å². The molecule has 0 aliphatic heterocycles. The minimum absolute atomic E-state index is 0.0971. The van der Waals surface area contributed by atoms with E-state index in [4.69, 9.17) is 4.18 Å². The fourth-order valence-corrected chi connectivity index (χ4v) is 3.45. The first-order valence-corrected chi connectivity index (χ1v) is 8.09. The van der Waals surface area contributed by atoms with Crippen LogP contribution in [0.25, 0.3) is 0 Å². The van der Waals surface area contributed by atoms with Gasteiger partial charge in [-0.2, -0.15) is 8.42 Å². The van der Waals surface area contributed by atoms with Gasteiger partial charge in [0.15, 0.2) is 0 Å². The van der Waals surface area contributed by atoms with Gasteiger partial charge in [0.1, 0.15) is 17.3 Å². The van der Waals surface area contributed by atoms with Crippen molar-refractivity contribution < 1.29 is 17.0 Å². The normalized spacial score (nSPS) is 11.4. The Morgan fingerprint density at radius 2 is 1.62 bits per heavy atom. The van der Waals surface area contributed by atoms with Crippen molar-refractivity contribution in [3.8, 4) is 5.75 Å². The molecule has 0 fully saturated rings. The van der Waals surface area contributed by atoms with Crippen LogP contribution in [0, 0.1) is 26.6 Å². The topological polar surface area (TPSA) is 43.4 Å². The van der Waals surface area contributed by atoms with Gasteiger partial charge in [-0.1, -0.05) is 35.9 Å². The highest BCUT2D eigenvalue weighted by Gasteiger charge is 2.19. The van der Waals surface area contributed by atoms with Crippen molar-refractivity contribution in [2.24, 2.45) is 0 Å². The number of aryl methyl sites for hydroxylation is 3. The lowest BCUT2D eigenvalue weighted by Crippen LogP contribution is -2.14. The molecule has 21 heavy (non-hydrogen) atoms. The number of benzene rings is 2. The van der Waals surface area contributed by atoms with Crippen LogP contribution in [0.3, 0.4) is 0 Å². The third-order valence-electron chi connectivity index (χ3n) is 3.11. The molecule has 0 aromatic heterocycles. The third kappa shape index (κ3) is 3.82. The van der Waals surface area contributed by atoms with Crippen molar-refractivity contribution in [2.45, 2.75) is 26.5 Å². The Kier molecular flexibility index (Phi) is 4.32.